The highest BCUT2D eigenvalue weighted by Gasteiger charge is 2.19. The van der Waals surface area contributed by atoms with Crippen LogP contribution in [0.3, 0.4) is 0 Å². The van der Waals surface area contributed by atoms with Crippen molar-refractivity contribution in [3.63, 3.8) is 0 Å². The van der Waals surface area contributed by atoms with Gasteiger partial charge in [0.15, 0.2) is 0 Å². The molecule has 1 aliphatic heterocycles. The van der Waals surface area contributed by atoms with Gasteiger partial charge in [-0.2, -0.15) is 0 Å². The largest absolute Gasteiger partial charge is 0.475 e. The van der Waals surface area contributed by atoms with Crippen molar-refractivity contribution in [2.24, 2.45) is 0 Å². The van der Waals surface area contributed by atoms with E-state index in [9.17, 15) is 0 Å². The summed E-state index contributed by atoms with van der Waals surface area (Å²) in [6, 6.07) is 4.01. The van der Waals surface area contributed by atoms with Gasteiger partial charge in [0.05, 0.1) is 6.10 Å². The van der Waals surface area contributed by atoms with E-state index in [-0.39, 0.29) is 17.6 Å². The highest BCUT2D eigenvalue weighted by Crippen LogP contribution is 2.22. The molecule has 1 aliphatic rings. The molecule has 0 saturated carbocycles. The average Bonchev–Trinajstić information content (AvgIpc) is 2.36. The van der Waals surface area contributed by atoms with Crippen LogP contribution in [-0.4, -0.2) is 36.9 Å². The zero-order chi connectivity index (χ0) is 13.9. The lowest BCUT2D eigenvalue weighted by Gasteiger charge is -2.28. The van der Waals surface area contributed by atoms with E-state index in [4.69, 9.17) is 9.47 Å². The Labute approximate surface area is 115 Å². The fraction of sp³-hybridized carbons (Fsp3) is 0.667. The normalized spacial score (nSPS) is 24.2. The highest BCUT2D eigenvalue weighted by atomic mass is 16.5. The number of hydrogen-bond acceptors (Lipinski definition) is 4. The molecule has 106 valence electrons. The predicted molar refractivity (Wildman–Crippen MR) is 75.6 cm³/mol. The molecular weight excluding hydrogens is 240 g/mol. The van der Waals surface area contributed by atoms with Crippen molar-refractivity contribution in [1.29, 1.82) is 0 Å². The first-order chi connectivity index (χ1) is 8.95. The van der Waals surface area contributed by atoms with Gasteiger partial charge in [-0.05, 0) is 17.9 Å². The molecule has 1 aromatic heterocycles. The summed E-state index contributed by atoms with van der Waals surface area (Å²) in [7, 11) is 0. The highest BCUT2D eigenvalue weighted by molar-refractivity contribution is 5.23. The molecule has 19 heavy (non-hydrogen) atoms. The summed E-state index contributed by atoms with van der Waals surface area (Å²) in [5.41, 5.74) is 1.33. The average molecular weight is 264 g/mol. The first-order valence-electron chi connectivity index (χ1n) is 6.90. The van der Waals surface area contributed by atoms with Gasteiger partial charge in [0.25, 0.3) is 0 Å². The second kappa shape index (κ2) is 5.88. The lowest BCUT2D eigenvalue weighted by atomic mass is 9.88. The minimum Gasteiger partial charge on any atom is -0.475 e. The zero-order valence-electron chi connectivity index (χ0n) is 12.3. The maximum atomic E-state index is 5.77. The molecule has 2 unspecified atom stereocenters. The Hall–Kier alpha value is -1.13. The number of aromatic nitrogens is 1. The van der Waals surface area contributed by atoms with E-state index in [1.165, 1.54) is 5.56 Å². The lowest BCUT2D eigenvalue weighted by molar-refractivity contribution is -0.0476. The van der Waals surface area contributed by atoms with Crippen molar-refractivity contribution < 1.29 is 9.47 Å². The molecule has 0 amide bonds. The van der Waals surface area contributed by atoms with Crippen LogP contribution >= 0.6 is 0 Å². The number of hydrogen-bond donors (Lipinski definition) is 1. The molecule has 1 fully saturated rings. The van der Waals surface area contributed by atoms with Crippen molar-refractivity contribution in [2.45, 2.75) is 45.3 Å². The summed E-state index contributed by atoms with van der Waals surface area (Å²) < 4.78 is 11.5. The Morgan fingerprint density at radius 3 is 2.74 bits per heavy atom. The van der Waals surface area contributed by atoms with Crippen LogP contribution in [0.2, 0.25) is 0 Å². The summed E-state index contributed by atoms with van der Waals surface area (Å²) in [5, 5.41) is 3.32. The molecule has 0 radical (unpaired) electrons. The lowest BCUT2D eigenvalue weighted by Crippen LogP contribution is -2.45. The molecule has 0 bridgehead atoms. The van der Waals surface area contributed by atoms with Crippen molar-refractivity contribution in [2.75, 3.05) is 19.7 Å². The molecule has 0 spiro atoms. The summed E-state index contributed by atoms with van der Waals surface area (Å²) in [6.07, 6.45) is 2.24. The van der Waals surface area contributed by atoms with E-state index >= 15 is 0 Å². The van der Waals surface area contributed by atoms with Gasteiger partial charge in [-0.3, -0.25) is 0 Å². The summed E-state index contributed by atoms with van der Waals surface area (Å²) >= 11 is 0. The minimum atomic E-state index is 0.104. The Morgan fingerprint density at radius 1 is 1.37 bits per heavy atom. The third kappa shape index (κ3) is 4.18. The number of rotatable bonds is 3. The van der Waals surface area contributed by atoms with Crippen molar-refractivity contribution in [3.05, 3.63) is 23.9 Å². The third-order valence-corrected chi connectivity index (χ3v) is 3.25. The molecule has 4 heteroatoms. The van der Waals surface area contributed by atoms with Crippen molar-refractivity contribution in [1.82, 2.24) is 10.3 Å². The fourth-order valence-electron chi connectivity index (χ4n) is 2.06. The van der Waals surface area contributed by atoms with Gasteiger partial charge in [-0.1, -0.05) is 26.8 Å². The Bertz CT molecular complexity index is 398. The summed E-state index contributed by atoms with van der Waals surface area (Å²) in [4.78, 5) is 4.35. The first-order valence-corrected chi connectivity index (χ1v) is 6.90. The first kappa shape index (κ1) is 14.3. The molecule has 0 aliphatic carbocycles. The van der Waals surface area contributed by atoms with Gasteiger partial charge in [-0.25, -0.2) is 4.98 Å². The van der Waals surface area contributed by atoms with E-state index < -0.39 is 0 Å². The van der Waals surface area contributed by atoms with Crippen LogP contribution in [0.1, 0.15) is 33.3 Å². The Morgan fingerprint density at radius 2 is 2.16 bits per heavy atom. The fourth-order valence-corrected chi connectivity index (χ4v) is 2.06. The minimum absolute atomic E-state index is 0.104. The number of ether oxygens (including phenoxy) is 2. The van der Waals surface area contributed by atoms with Crippen LogP contribution in [0.15, 0.2) is 18.3 Å². The number of nitrogens with one attached hydrogen (secondary N) is 1. The van der Waals surface area contributed by atoms with Crippen LogP contribution < -0.4 is 10.1 Å². The van der Waals surface area contributed by atoms with E-state index in [0.29, 0.717) is 12.5 Å². The molecule has 1 saturated heterocycles. The van der Waals surface area contributed by atoms with Crippen LogP contribution in [0.4, 0.5) is 0 Å². The van der Waals surface area contributed by atoms with E-state index in [2.05, 4.69) is 44.1 Å². The van der Waals surface area contributed by atoms with Gasteiger partial charge >= 0.3 is 0 Å². The topological polar surface area (TPSA) is 43.4 Å². The van der Waals surface area contributed by atoms with E-state index in [1.54, 1.807) is 0 Å². The number of pyridine rings is 1. The smallest absolute Gasteiger partial charge is 0.213 e. The maximum absolute atomic E-state index is 5.77. The number of nitrogens with zero attached hydrogens (tertiary/aromatic N) is 1. The molecule has 0 aromatic carbocycles. The second-order valence-corrected chi connectivity index (χ2v) is 6.17. The molecule has 2 atom stereocenters. The quantitative estimate of drug-likeness (QED) is 0.908. The molecule has 1 aromatic rings. The van der Waals surface area contributed by atoms with Crippen LogP contribution in [0.5, 0.6) is 5.88 Å². The van der Waals surface area contributed by atoms with Crippen LogP contribution in [-0.2, 0) is 10.2 Å². The van der Waals surface area contributed by atoms with Crippen molar-refractivity contribution in [3.8, 4) is 5.88 Å². The van der Waals surface area contributed by atoms with Gasteiger partial charge in [0.1, 0.15) is 12.7 Å². The molecular formula is C15H24N2O2. The van der Waals surface area contributed by atoms with Gasteiger partial charge in [0.2, 0.25) is 5.88 Å². The standard InChI is InChI=1S/C15H24N2O2/c1-11-7-16-9-13(19-11)10-18-14-6-5-12(8-17-14)15(2,3)4/h5-6,8,11,13,16H,7,9-10H2,1-4H3. The van der Waals surface area contributed by atoms with Gasteiger partial charge in [-0.15, -0.1) is 0 Å². The van der Waals surface area contributed by atoms with E-state index in [1.807, 2.05) is 12.3 Å². The molecule has 2 heterocycles. The Kier molecular flexibility index (Phi) is 4.42. The third-order valence-electron chi connectivity index (χ3n) is 3.25. The SMILES string of the molecule is CC1CNCC(COc2ccc(C(C)(C)C)cn2)O1. The maximum Gasteiger partial charge on any atom is 0.213 e. The zero-order valence-corrected chi connectivity index (χ0v) is 12.3. The monoisotopic (exact) mass is 264 g/mol. The molecule has 2 rings (SSSR count). The molecule has 1 N–H and O–H groups in total. The van der Waals surface area contributed by atoms with Crippen LogP contribution in [0, 0.1) is 0 Å². The summed E-state index contributed by atoms with van der Waals surface area (Å²) in [6.45, 7) is 10.9. The summed E-state index contributed by atoms with van der Waals surface area (Å²) in [5.74, 6) is 0.662. The Balaban J connectivity index is 1.86. The van der Waals surface area contributed by atoms with E-state index in [0.717, 1.165) is 13.1 Å². The second-order valence-electron chi connectivity index (χ2n) is 6.17. The van der Waals surface area contributed by atoms with Gasteiger partial charge in [0, 0.05) is 25.4 Å². The van der Waals surface area contributed by atoms with Crippen LogP contribution in [0.25, 0.3) is 0 Å². The van der Waals surface area contributed by atoms with Gasteiger partial charge < -0.3 is 14.8 Å². The number of morpholine rings is 1. The molecule has 4 nitrogen and oxygen atoms in total. The predicted octanol–water partition coefficient (Wildman–Crippen LogP) is 2.13. The van der Waals surface area contributed by atoms with Crippen molar-refractivity contribution >= 4 is 0 Å².